The number of aliphatic hydroxyl groups is 9. The van der Waals surface area contributed by atoms with Gasteiger partial charge < -0.3 is 51.1 Å². The number of unbranched alkanes of at least 4 members (excludes halogenated alkanes) is 9. The maximum atomic E-state index is 10.7. The predicted octanol–water partition coefficient (Wildman–Crippen LogP) is -1.53. The Morgan fingerprint density at radius 2 is 1.07 bits per heavy atom. The van der Waals surface area contributed by atoms with Crippen LogP contribution in [0.1, 0.15) is 77.6 Å². The van der Waals surface area contributed by atoms with Crippen LogP contribution in [-0.2, 0) is 4.79 Å². The molecule has 10 N–H and O–H groups in total. The Kier molecular flexibility index (Phi) is 11.1. The third-order valence-electron chi connectivity index (χ3n) is 5.08. The van der Waals surface area contributed by atoms with Gasteiger partial charge in [-0.25, -0.2) is 4.79 Å². The Bertz CT molecular complexity index is 488. The summed E-state index contributed by atoms with van der Waals surface area (Å²) in [5.74, 6) is -20.8. The summed E-state index contributed by atoms with van der Waals surface area (Å²) < 4.78 is 0. The first kappa shape index (κ1) is 28.1. The minimum Gasteiger partial charge on any atom is -0.477 e. The minimum atomic E-state index is -4.77. The van der Waals surface area contributed by atoms with Crippen LogP contribution in [0.5, 0.6) is 0 Å². The standard InChI is InChI=1S/C18H36O11/c1-2-3-4-5-6-7-8-9-10-11-12-13(19)15(22,23)17(26,27)18(28,29)16(24,25)14(20)21/h13,19,22-29H,2-12H2,1H3,(H,20,21). The van der Waals surface area contributed by atoms with Crippen LogP contribution in [0.15, 0.2) is 0 Å². The Hall–Kier alpha value is -0.890. The Morgan fingerprint density at radius 1 is 0.690 bits per heavy atom. The van der Waals surface area contributed by atoms with Crippen molar-refractivity contribution in [1.82, 2.24) is 0 Å². The highest BCUT2D eigenvalue weighted by molar-refractivity contribution is 5.76. The van der Waals surface area contributed by atoms with E-state index in [1.807, 2.05) is 0 Å². The number of rotatable bonds is 16. The van der Waals surface area contributed by atoms with E-state index >= 15 is 0 Å². The summed E-state index contributed by atoms with van der Waals surface area (Å²) in [6, 6.07) is 0. The number of aliphatic hydroxyl groups excluding tert-OH is 1. The Morgan fingerprint density at radius 3 is 1.45 bits per heavy atom. The van der Waals surface area contributed by atoms with Crippen LogP contribution in [0.2, 0.25) is 0 Å². The number of hydrogen-bond acceptors (Lipinski definition) is 10. The van der Waals surface area contributed by atoms with E-state index in [1.165, 1.54) is 19.3 Å². The average Bonchev–Trinajstić information content (AvgIpc) is 2.62. The summed E-state index contributed by atoms with van der Waals surface area (Å²) >= 11 is 0. The monoisotopic (exact) mass is 428 g/mol. The van der Waals surface area contributed by atoms with Crippen LogP contribution >= 0.6 is 0 Å². The molecule has 0 saturated carbocycles. The molecule has 0 saturated heterocycles. The van der Waals surface area contributed by atoms with Crippen LogP contribution in [0, 0.1) is 0 Å². The zero-order chi connectivity index (χ0) is 22.9. The first-order valence-corrected chi connectivity index (χ1v) is 9.88. The smallest absolute Gasteiger partial charge is 0.370 e. The average molecular weight is 428 g/mol. The number of carbonyl (C=O) groups is 1. The molecule has 0 bridgehead atoms. The summed E-state index contributed by atoms with van der Waals surface area (Å²) in [4.78, 5) is 10.7. The molecule has 0 radical (unpaired) electrons. The highest BCUT2D eigenvalue weighted by Gasteiger charge is 2.74. The molecule has 11 heteroatoms. The summed E-state index contributed by atoms with van der Waals surface area (Å²) in [5.41, 5.74) is 0. The highest BCUT2D eigenvalue weighted by Crippen LogP contribution is 2.37. The zero-order valence-electron chi connectivity index (χ0n) is 16.7. The third kappa shape index (κ3) is 6.81. The van der Waals surface area contributed by atoms with E-state index in [4.69, 9.17) is 5.11 Å². The van der Waals surface area contributed by atoms with Gasteiger partial charge in [0.05, 0.1) is 0 Å². The van der Waals surface area contributed by atoms with Gasteiger partial charge in [-0.1, -0.05) is 71.1 Å². The van der Waals surface area contributed by atoms with Gasteiger partial charge in [0.2, 0.25) is 0 Å². The SMILES string of the molecule is CCCCCCCCCCCCC(O)C(O)(O)C(O)(O)C(O)(O)C(O)(O)C(=O)O. The second-order valence-corrected chi connectivity index (χ2v) is 7.53. The summed E-state index contributed by atoms with van der Waals surface area (Å²) in [6.45, 7) is 2.14. The lowest BCUT2D eigenvalue weighted by Crippen LogP contribution is -2.80. The normalized spacial score (nSPS) is 14.8. The number of carboxylic acid groups (broad SMARTS) is 1. The van der Waals surface area contributed by atoms with Gasteiger partial charge in [0.25, 0.3) is 17.4 Å². The third-order valence-corrected chi connectivity index (χ3v) is 5.08. The van der Waals surface area contributed by atoms with Gasteiger partial charge in [0.15, 0.2) is 0 Å². The zero-order valence-corrected chi connectivity index (χ0v) is 16.7. The first-order valence-electron chi connectivity index (χ1n) is 9.88. The molecule has 0 amide bonds. The van der Waals surface area contributed by atoms with Crippen LogP contribution < -0.4 is 0 Å². The quantitative estimate of drug-likeness (QED) is 0.100. The van der Waals surface area contributed by atoms with Crippen LogP contribution in [-0.4, -0.2) is 86.3 Å². The van der Waals surface area contributed by atoms with Crippen LogP contribution in [0.3, 0.4) is 0 Å². The topological polar surface area (TPSA) is 219 Å². The molecule has 0 aliphatic carbocycles. The van der Waals surface area contributed by atoms with Crippen molar-refractivity contribution in [2.24, 2.45) is 0 Å². The van der Waals surface area contributed by atoms with Crippen molar-refractivity contribution >= 4 is 5.97 Å². The molecule has 1 atom stereocenters. The van der Waals surface area contributed by atoms with Crippen molar-refractivity contribution in [2.75, 3.05) is 0 Å². The lowest BCUT2D eigenvalue weighted by molar-refractivity contribution is -0.507. The molecule has 29 heavy (non-hydrogen) atoms. The molecule has 0 rings (SSSR count). The molecule has 0 spiro atoms. The van der Waals surface area contributed by atoms with E-state index in [-0.39, 0.29) is 6.42 Å². The Balaban J connectivity index is 4.60. The number of hydrogen-bond donors (Lipinski definition) is 10. The molecular formula is C18H36O11. The van der Waals surface area contributed by atoms with E-state index in [9.17, 15) is 50.8 Å². The maximum absolute atomic E-state index is 10.7. The van der Waals surface area contributed by atoms with Gasteiger partial charge in [-0.3, -0.25) is 0 Å². The molecule has 1 unspecified atom stereocenters. The largest absolute Gasteiger partial charge is 0.477 e. The lowest BCUT2D eigenvalue weighted by atomic mass is 9.85. The van der Waals surface area contributed by atoms with Crippen molar-refractivity contribution in [3.05, 3.63) is 0 Å². The fraction of sp³-hybridized carbons (Fsp3) is 0.944. The van der Waals surface area contributed by atoms with E-state index in [2.05, 4.69) is 6.92 Å². The molecule has 0 aromatic heterocycles. The lowest BCUT2D eigenvalue weighted by Gasteiger charge is -2.47. The molecule has 0 aliphatic heterocycles. The molecule has 11 nitrogen and oxygen atoms in total. The minimum absolute atomic E-state index is 0.210. The number of carboxylic acids is 1. The van der Waals surface area contributed by atoms with Gasteiger partial charge >= 0.3 is 11.8 Å². The van der Waals surface area contributed by atoms with Crippen LogP contribution in [0.4, 0.5) is 0 Å². The van der Waals surface area contributed by atoms with Gasteiger partial charge in [0.1, 0.15) is 6.10 Å². The fourth-order valence-electron chi connectivity index (χ4n) is 2.91. The molecular weight excluding hydrogens is 392 g/mol. The van der Waals surface area contributed by atoms with Crippen LogP contribution in [0.25, 0.3) is 0 Å². The van der Waals surface area contributed by atoms with Gasteiger partial charge in [-0.05, 0) is 6.42 Å². The predicted molar refractivity (Wildman–Crippen MR) is 98.8 cm³/mol. The van der Waals surface area contributed by atoms with E-state index < -0.39 is 41.6 Å². The summed E-state index contributed by atoms with van der Waals surface area (Å²) in [5, 5.41) is 94.9. The van der Waals surface area contributed by atoms with Crippen molar-refractivity contribution in [2.45, 2.75) is 107 Å². The van der Waals surface area contributed by atoms with E-state index in [1.54, 1.807) is 0 Å². The maximum Gasteiger partial charge on any atom is 0.370 e. The van der Waals surface area contributed by atoms with Gasteiger partial charge in [0, 0.05) is 0 Å². The first-order chi connectivity index (χ1) is 13.2. The molecule has 0 aromatic rings. The van der Waals surface area contributed by atoms with Crippen molar-refractivity contribution < 1.29 is 55.9 Å². The second kappa shape index (κ2) is 11.5. The van der Waals surface area contributed by atoms with Gasteiger partial charge in [-0.2, -0.15) is 0 Å². The molecule has 0 aliphatic rings. The highest BCUT2D eigenvalue weighted by atomic mass is 16.7. The van der Waals surface area contributed by atoms with E-state index in [0.717, 1.165) is 32.1 Å². The van der Waals surface area contributed by atoms with Crippen molar-refractivity contribution in [3.8, 4) is 0 Å². The molecule has 0 heterocycles. The fourth-order valence-corrected chi connectivity index (χ4v) is 2.91. The molecule has 0 aromatic carbocycles. The van der Waals surface area contributed by atoms with Crippen molar-refractivity contribution in [3.63, 3.8) is 0 Å². The van der Waals surface area contributed by atoms with E-state index in [0.29, 0.717) is 6.42 Å². The second-order valence-electron chi connectivity index (χ2n) is 7.53. The van der Waals surface area contributed by atoms with Gasteiger partial charge in [-0.15, -0.1) is 0 Å². The Labute approximate surface area is 169 Å². The molecule has 0 fully saturated rings. The number of aliphatic carboxylic acids is 1. The van der Waals surface area contributed by atoms with Crippen molar-refractivity contribution in [1.29, 1.82) is 0 Å². The molecule has 174 valence electrons. The summed E-state index contributed by atoms with van der Waals surface area (Å²) in [7, 11) is 0. The summed E-state index contributed by atoms with van der Waals surface area (Å²) in [6.07, 6.45) is 6.60.